The zero-order valence-electron chi connectivity index (χ0n) is 10.0. The summed E-state index contributed by atoms with van der Waals surface area (Å²) in [5, 5.41) is 9.12. The van der Waals surface area contributed by atoms with Gasteiger partial charge in [0.05, 0.1) is 17.3 Å². The number of rotatable bonds is 4. The number of fused-ring (bicyclic) bond motifs is 1. The minimum Gasteiger partial charge on any atom is -0.479 e. The van der Waals surface area contributed by atoms with Crippen LogP contribution in [0.15, 0.2) is 29.2 Å². The van der Waals surface area contributed by atoms with E-state index in [9.17, 15) is 9.59 Å². The SMILES string of the molecule is C[C@@H](OCc1cc(=O)n2cc(Cl)ccc2n1)C(=O)O. The number of aliphatic carboxylic acids is 1. The van der Waals surface area contributed by atoms with Gasteiger partial charge in [-0.2, -0.15) is 0 Å². The predicted octanol–water partition coefficient (Wildman–Crippen LogP) is 1.34. The fourth-order valence-corrected chi connectivity index (χ4v) is 1.64. The second kappa shape index (κ2) is 5.38. The van der Waals surface area contributed by atoms with Crippen molar-refractivity contribution in [2.24, 2.45) is 0 Å². The normalized spacial score (nSPS) is 12.5. The zero-order valence-corrected chi connectivity index (χ0v) is 10.8. The standard InChI is InChI=1S/C12H11ClN2O4/c1-7(12(17)18)19-6-9-4-11(16)15-5-8(13)2-3-10(15)14-9/h2-5,7H,6H2,1H3,(H,17,18)/t7-/m1/s1. The molecule has 0 saturated carbocycles. The third kappa shape index (κ3) is 3.10. The first-order valence-corrected chi connectivity index (χ1v) is 5.87. The summed E-state index contributed by atoms with van der Waals surface area (Å²) in [4.78, 5) is 26.6. The van der Waals surface area contributed by atoms with Crippen LogP contribution in [-0.4, -0.2) is 26.6 Å². The van der Waals surface area contributed by atoms with Crippen molar-refractivity contribution >= 4 is 23.2 Å². The number of ether oxygens (including phenoxy) is 1. The lowest BCUT2D eigenvalue weighted by Gasteiger charge is -2.08. The van der Waals surface area contributed by atoms with Crippen LogP contribution in [0.3, 0.4) is 0 Å². The van der Waals surface area contributed by atoms with Gasteiger partial charge in [-0.25, -0.2) is 9.78 Å². The monoisotopic (exact) mass is 282 g/mol. The van der Waals surface area contributed by atoms with Crippen LogP contribution in [-0.2, 0) is 16.1 Å². The van der Waals surface area contributed by atoms with Crippen molar-refractivity contribution in [2.75, 3.05) is 0 Å². The molecule has 0 fully saturated rings. The van der Waals surface area contributed by atoms with Crippen LogP contribution in [0.25, 0.3) is 5.65 Å². The van der Waals surface area contributed by atoms with Gasteiger partial charge in [0.1, 0.15) is 5.65 Å². The number of halogens is 1. The predicted molar refractivity (Wildman–Crippen MR) is 68.4 cm³/mol. The van der Waals surface area contributed by atoms with Crippen molar-refractivity contribution in [3.8, 4) is 0 Å². The quantitative estimate of drug-likeness (QED) is 0.915. The van der Waals surface area contributed by atoms with E-state index in [2.05, 4.69) is 4.98 Å². The Kier molecular flexibility index (Phi) is 3.82. The lowest BCUT2D eigenvalue weighted by atomic mass is 10.3. The van der Waals surface area contributed by atoms with Gasteiger partial charge < -0.3 is 9.84 Å². The van der Waals surface area contributed by atoms with Gasteiger partial charge in [-0.3, -0.25) is 9.20 Å². The summed E-state index contributed by atoms with van der Waals surface area (Å²) >= 11 is 5.79. The first kappa shape index (κ1) is 13.5. The second-order valence-electron chi connectivity index (χ2n) is 3.95. The summed E-state index contributed by atoms with van der Waals surface area (Å²) in [6.07, 6.45) is 0.516. The van der Waals surface area contributed by atoms with Crippen molar-refractivity contribution in [1.29, 1.82) is 0 Å². The maximum absolute atomic E-state index is 11.8. The molecule has 1 N–H and O–H groups in total. The van der Waals surface area contributed by atoms with E-state index in [-0.39, 0.29) is 12.2 Å². The minimum atomic E-state index is -1.07. The smallest absolute Gasteiger partial charge is 0.332 e. The fraction of sp³-hybridized carbons (Fsp3) is 0.250. The van der Waals surface area contributed by atoms with Crippen LogP contribution < -0.4 is 5.56 Å². The van der Waals surface area contributed by atoms with Crippen LogP contribution >= 0.6 is 11.6 Å². The Morgan fingerprint density at radius 3 is 3.00 bits per heavy atom. The topological polar surface area (TPSA) is 80.9 Å². The average molecular weight is 283 g/mol. The summed E-state index contributed by atoms with van der Waals surface area (Å²) in [7, 11) is 0. The molecule has 0 unspecified atom stereocenters. The van der Waals surface area contributed by atoms with E-state index in [0.717, 1.165) is 0 Å². The first-order valence-electron chi connectivity index (χ1n) is 5.49. The van der Waals surface area contributed by atoms with E-state index in [4.69, 9.17) is 21.4 Å². The molecule has 2 heterocycles. The largest absolute Gasteiger partial charge is 0.479 e. The molecular formula is C12H11ClN2O4. The van der Waals surface area contributed by atoms with Crippen molar-refractivity contribution in [1.82, 2.24) is 9.38 Å². The van der Waals surface area contributed by atoms with E-state index >= 15 is 0 Å². The highest BCUT2D eigenvalue weighted by Crippen LogP contribution is 2.09. The van der Waals surface area contributed by atoms with Crippen molar-refractivity contribution in [3.63, 3.8) is 0 Å². The third-order valence-electron chi connectivity index (χ3n) is 2.51. The molecule has 0 saturated heterocycles. The van der Waals surface area contributed by atoms with E-state index in [1.54, 1.807) is 12.1 Å². The number of carboxylic acids is 1. The molecule has 0 aliphatic rings. The maximum Gasteiger partial charge on any atom is 0.332 e. The molecule has 2 aromatic heterocycles. The fourth-order valence-electron chi connectivity index (χ4n) is 1.48. The zero-order chi connectivity index (χ0) is 14.0. The highest BCUT2D eigenvalue weighted by Gasteiger charge is 2.12. The second-order valence-corrected chi connectivity index (χ2v) is 4.39. The van der Waals surface area contributed by atoms with Crippen molar-refractivity contribution in [3.05, 3.63) is 45.5 Å². The number of carboxylic acid groups (broad SMARTS) is 1. The number of carbonyl (C=O) groups is 1. The van der Waals surface area contributed by atoms with Crippen LogP contribution in [0.1, 0.15) is 12.6 Å². The first-order chi connectivity index (χ1) is 8.97. The molecule has 7 heteroatoms. The number of nitrogens with zero attached hydrogens (tertiary/aromatic N) is 2. The molecule has 100 valence electrons. The average Bonchev–Trinajstić information content (AvgIpc) is 2.36. The van der Waals surface area contributed by atoms with Crippen LogP contribution in [0.2, 0.25) is 5.02 Å². The number of pyridine rings is 1. The molecule has 2 aromatic rings. The van der Waals surface area contributed by atoms with Gasteiger partial charge in [0.2, 0.25) is 0 Å². The molecule has 19 heavy (non-hydrogen) atoms. The molecule has 0 aromatic carbocycles. The molecule has 1 atom stereocenters. The summed E-state index contributed by atoms with van der Waals surface area (Å²) in [6, 6.07) is 4.51. The summed E-state index contributed by atoms with van der Waals surface area (Å²) < 4.78 is 6.39. The number of hydrogen-bond acceptors (Lipinski definition) is 4. The third-order valence-corrected chi connectivity index (χ3v) is 2.73. The molecule has 0 bridgehead atoms. The van der Waals surface area contributed by atoms with E-state index in [1.807, 2.05) is 0 Å². The van der Waals surface area contributed by atoms with E-state index < -0.39 is 12.1 Å². The van der Waals surface area contributed by atoms with Gasteiger partial charge in [0, 0.05) is 12.3 Å². The minimum absolute atomic E-state index is 0.0398. The molecule has 0 amide bonds. The highest BCUT2D eigenvalue weighted by atomic mass is 35.5. The lowest BCUT2D eigenvalue weighted by molar-refractivity contribution is -0.149. The molecule has 0 aliphatic carbocycles. The Hall–Kier alpha value is -1.92. The van der Waals surface area contributed by atoms with Crippen molar-refractivity contribution < 1.29 is 14.6 Å². The molecule has 0 radical (unpaired) electrons. The van der Waals surface area contributed by atoms with Crippen LogP contribution in [0.4, 0.5) is 0 Å². The Morgan fingerprint density at radius 1 is 1.58 bits per heavy atom. The van der Waals surface area contributed by atoms with Gasteiger partial charge in [0.25, 0.3) is 5.56 Å². The number of hydrogen-bond donors (Lipinski definition) is 1. The maximum atomic E-state index is 11.8. The van der Waals surface area contributed by atoms with Gasteiger partial charge in [-0.05, 0) is 19.1 Å². The molecule has 0 aliphatic heterocycles. The summed E-state index contributed by atoms with van der Waals surface area (Å²) in [6.45, 7) is 1.37. The Balaban J connectivity index is 2.29. The van der Waals surface area contributed by atoms with Crippen LogP contribution in [0, 0.1) is 0 Å². The molecule has 2 rings (SSSR count). The Morgan fingerprint density at radius 2 is 2.32 bits per heavy atom. The Bertz CT molecular complexity index is 683. The lowest BCUT2D eigenvalue weighted by Crippen LogP contribution is -2.21. The summed E-state index contributed by atoms with van der Waals surface area (Å²) in [5.74, 6) is -1.07. The molecule has 6 nitrogen and oxygen atoms in total. The van der Waals surface area contributed by atoms with Crippen LogP contribution in [0.5, 0.6) is 0 Å². The number of aromatic nitrogens is 2. The van der Waals surface area contributed by atoms with Gasteiger partial charge in [-0.1, -0.05) is 11.6 Å². The van der Waals surface area contributed by atoms with Gasteiger partial charge in [-0.15, -0.1) is 0 Å². The van der Waals surface area contributed by atoms with E-state index in [1.165, 1.54) is 23.6 Å². The Labute approximate surface area is 113 Å². The molecule has 0 spiro atoms. The van der Waals surface area contributed by atoms with E-state index in [0.29, 0.717) is 16.4 Å². The summed E-state index contributed by atoms with van der Waals surface area (Å²) in [5.41, 5.74) is 0.507. The van der Waals surface area contributed by atoms with Crippen molar-refractivity contribution in [2.45, 2.75) is 19.6 Å². The highest BCUT2D eigenvalue weighted by molar-refractivity contribution is 6.30. The van der Waals surface area contributed by atoms with Gasteiger partial charge in [0.15, 0.2) is 6.10 Å². The molecular weight excluding hydrogens is 272 g/mol. The van der Waals surface area contributed by atoms with Gasteiger partial charge >= 0.3 is 5.97 Å².